The molecule has 0 saturated carbocycles. The molecule has 0 aliphatic heterocycles. The molecule has 5 nitrogen and oxygen atoms in total. The van der Waals surface area contributed by atoms with Crippen LogP contribution in [-0.4, -0.2) is 16.1 Å². The minimum Gasteiger partial charge on any atom is -0.475 e. The van der Waals surface area contributed by atoms with E-state index in [4.69, 9.17) is 21.1 Å². The summed E-state index contributed by atoms with van der Waals surface area (Å²) in [6.07, 6.45) is 1.18. The van der Waals surface area contributed by atoms with Crippen LogP contribution in [0.5, 0.6) is 0 Å². The van der Waals surface area contributed by atoms with Gasteiger partial charge in [-0.3, -0.25) is 0 Å². The summed E-state index contributed by atoms with van der Waals surface area (Å²) in [6, 6.07) is 5.48. The summed E-state index contributed by atoms with van der Waals surface area (Å²) in [5, 5.41) is 12.4. The maximum absolute atomic E-state index is 10.6. The first-order valence-corrected chi connectivity index (χ1v) is 5.62. The smallest absolute Gasteiger partial charge is 0.373 e. The largest absolute Gasteiger partial charge is 0.475 e. The van der Waals surface area contributed by atoms with Crippen molar-refractivity contribution in [1.82, 2.24) is 4.98 Å². The van der Waals surface area contributed by atoms with Gasteiger partial charge in [-0.2, -0.15) is 0 Å². The number of halogens is 1. The summed E-state index contributed by atoms with van der Waals surface area (Å²) in [4.78, 5) is 14.5. The molecule has 0 radical (unpaired) electrons. The number of anilines is 1. The number of nitrogens with one attached hydrogen (secondary N) is 1. The number of carboxylic acids is 1. The maximum atomic E-state index is 10.6. The number of hydrogen-bond donors (Lipinski definition) is 2. The van der Waals surface area contributed by atoms with Gasteiger partial charge in [0, 0.05) is 10.7 Å². The number of rotatable bonds is 4. The van der Waals surface area contributed by atoms with E-state index in [-0.39, 0.29) is 5.76 Å². The molecule has 2 aromatic rings. The molecule has 0 aliphatic rings. The second kappa shape index (κ2) is 5.10. The Bertz CT molecular complexity index is 580. The molecule has 6 heteroatoms. The van der Waals surface area contributed by atoms with Crippen molar-refractivity contribution in [2.75, 3.05) is 5.32 Å². The first-order chi connectivity index (χ1) is 8.56. The van der Waals surface area contributed by atoms with Crippen molar-refractivity contribution in [3.63, 3.8) is 0 Å². The average molecular weight is 267 g/mol. The number of hydrogen-bond acceptors (Lipinski definition) is 4. The van der Waals surface area contributed by atoms with Gasteiger partial charge < -0.3 is 14.8 Å². The zero-order chi connectivity index (χ0) is 13.1. The van der Waals surface area contributed by atoms with Crippen LogP contribution in [0.1, 0.15) is 22.0 Å². The molecule has 0 saturated heterocycles. The monoisotopic (exact) mass is 266 g/mol. The molecule has 1 aromatic heterocycles. The van der Waals surface area contributed by atoms with E-state index in [2.05, 4.69) is 10.3 Å². The lowest BCUT2D eigenvalue weighted by atomic mass is 10.2. The van der Waals surface area contributed by atoms with Crippen LogP contribution in [0.25, 0.3) is 0 Å². The second-order valence-corrected chi connectivity index (χ2v) is 4.17. The Morgan fingerprint density at radius 2 is 2.33 bits per heavy atom. The number of aromatic nitrogens is 1. The number of oxazole rings is 1. The molecular weight excluding hydrogens is 256 g/mol. The van der Waals surface area contributed by atoms with Crippen molar-refractivity contribution in [1.29, 1.82) is 0 Å². The Morgan fingerprint density at radius 1 is 1.56 bits per heavy atom. The number of aryl methyl sites for hydroxylation is 1. The highest BCUT2D eigenvalue weighted by Crippen LogP contribution is 2.20. The normalized spacial score (nSPS) is 10.3. The quantitative estimate of drug-likeness (QED) is 0.890. The van der Waals surface area contributed by atoms with E-state index in [1.807, 2.05) is 13.0 Å². The van der Waals surface area contributed by atoms with Crippen molar-refractivity contribution >= 4 is 23.3 Å². The minimum absolute atomic E-state index is 0.172. The fourth-order valence-corrected chi connectivity index (χ4v) is 1.62. The predicted molar refractivity (Wildman–Crippen MR) is 67.0 cm³/mol. The molecule has 2 N–H and O–H groups in total. The van der Waals surface area contributed by atoms with Gasteiger partial charge in [0.15, 0.2) is 0 Å². The molecule has 94 valence electrons. The highest BCUT2D eigenvalue weighted by Gasteiger charge is 2.10. The molecule has 0 unspecified atom stereocenters. The van der Waals surface area contributed by atoms with Crippen LogP contribution in [0.4, 0.5) is 5.69 Å². The summed E-state index contributed by atoms with van der Waals surface area (Å²) < 4.78 is 5.03. The number of aromatic carboxylic acids is 1. The number of carboxylic acid groups (broad SMARTS) is 1. The van der Waals surface area contributed by atoms with Crippen LogP contribution in [0.2, 0.25) is 5.02 Å². The average Bonchev–Trinajstić information content (AvgIpc) is 2.79. The van der Waals surface area contributed by atoms with Crippen molar-refractivity contribution in [2.24, 2.45) is 0 Å². The van der Waals surface area contributed by atoms with E-state index in [1.165, 1.54) is 6.20 Å². The Hall–Kier alpha value is -2.01. The molecule has 1 heterocycles. The second-order valence-electron chi connectivity index (χ2n) is 3.74. The summed E-state index contributed by atoms with van der Waals surface area (Å²) in [6.45, 7) is 2.24. The summed E-state index contributed by atoms with van der Waals surface area (Å²) in [5.41, 5.74) is 1.89. The van der Waals surface area contributed by atoms with Gasteiger partial charge in [0.1, 0.15) is 0 Å². The third-order valence-electron chi connectivity index (χ3n) is 2.39. The molecule has 0 spiro atoms. The van der Waals surface area contributed by atoms with Gasteiger partial charge in [0.2, 0.25) is 11.7 Å². The van der Waals surface area contributed by atoms with Crippen LogP contribution in [-0.2, 0) is 6.54 Å². The Balaban J connectivity index is 2.06. The van der Waals surface area contributed by atoms with Gasteiger partial charge >= 0.3 is 5.97 Å². The van der Waals surface area contributed by atoms with Gasteiger partial charge in [0.25, 0.3) is 0 Å². The Morgan fingerprint density at radius 3 is 3.00 bits per heavy atom. The fraction of sp³-hybridized carbons (Fsp3) is 0.167. The molecule has 0 bridgehead atoms. The molecule has 2 rings (SSSR count). The third kappa shape index (κ3) is 2.81. The molecule has 0 aliphatic carbocycles. The molecule has 0 fully saturated rings. The van der Waals surface area contributed by atoms with Gasteiger partial charge in [-0.1, -0.05) is 17.7 Å². The van der Waals surface area contributed by atoms with E-state index in [0.29, 0.717) is 17.5 Å². The Labute approximate surface area is 108 Å². The van der Waals surface area contributed by atoms with Crippen LogP contribution < -0.4 is 5.32 Å². The van der Waals surface area contributed by atoms with E-state index >= 15 is 0 Å². The lowest BCUT2D eigenvalue weighted by molar-refractivity contribution is 0.0660. The summed E-state index contributed by atoms with van der Waals surface area (Å²) in [7, 11) is 0. The third-order valence-corrected chi connectivity index (χ3v) is 2.63. The molecule has 1 aromatic carbocycles. The molecular formula is C12H11ClN2O3. The van der Waals surface area contributed by atoms with E-state index in [0.717, 1.165) is 11.3 Å². The van der Waals surface area contributed by atoms with Crippen molar-refractivity contribution in [3.8, 4) is 0 Å². The van der Waals surface area contributed by atoms with Crippen LogP contribution in [0.15, 0.2) is 28.8 Å². The molecule has 0 atom stereocenters. The predicted octanol–water partition coefficient (Wildman–Crippen LogP) is 2.95. The number of benzene rings is 1. The lowest BCUT2D eigenvalue weighted by Gasteiger charge is -2.07. The van der Waals surface area contributed by atoms with Gasteiger partial charge in [0.05, 0.1) is 12.7 Å². The maximum Gasteiger partial charge on any atom is 0.373 e. The van der Waals surface area contributed by atoms with Crippen molar-refractivity contribution in [3.05, 3.63) is 46.6 Å². The molecule has 0 amide bonds. The van der Waals surface area contributed by atoms with E-state index in [9.17, 15) is 4.79 Å². The first-order valence-electron chi connectivity index (χ1n) is 5.24. The van der Waals surface area contributed by atoms with E-state index in [1.54, 1.807) is 12.1 Å². The molecule has 18 heavy (non-hydrogen) atoms. The zero-order valence-electron chi connectivity index (χ0n) is 9.61. The van der Waals surface area contributed by atoms with Crippen LogP contribution in [0, 0.1) is 6.92 Å². The summed E-state index contributed by atoms with van der Waals surface area (Å²) >= 11 is 5.89. The van der Waals surface area contributed by atoms with Gasteiger partial charge in [-0.15, -0.1) is 0 Å². The number of nitrogens with zero attached hydrogens (tertiary/aromatic N) is 1. The standard InChI is InChI=1S/C12H11ClN2O3/c1-7-2-3-8(13)4-9(7)14-6-11-15-5-10(18-11)12(16)17/h2-5,14H,6H2,1H3,(H,16,17). The van der Waals surface area contributed by atoms with Crippen LogP contribution in [0.3, 0.4) is 0 Å². The summed E-state index contributed by atoms with van der Waals surface area (Å²) in [5.74, 6) is -0.992. The van der Waals surface area contributed by atoms with Gasteiger partial charge in [-0.25, -0.2) is 9.78 Å². The SMILES string of the molecule is Cc1ccc(Cl)cc1NCc1ncc(C(=O)O)o1. The highest BCUT2D eigenvalue weighted by atomic mass is 35.5. The first kappa shape index (κ1) is 12.4. The lowest BCUT2D eigenvalue weighted by Crippen LogP contribution is -2.01. The zero-order valence-corrected chi connectivity index (χ0v) is 10.4. The topological polar surface area (TPSA) is 75.4 Å². The van der Waals surface area contributed by atoms with Crippen molar-refractivity contribution < 1.29 is 14.3 Å². The van der Waals surface area contributed by atoms with Crippen LogP contribution >= 0.6 is 11.6 Å². The van der Waals surface area contributed by atoms with E-state index < -0.39 is 5.97 Å². The minimum atomic E-state index is -1.13. The Kier molecular flexibility index (Phi) is 3.53. The fourth-order valence-electron chi connectivity index (χ4n) is 1.45. The highest BCUT2D eigenvalue weighted by molar-refractivity contribution is 6.30. The van der Waals surface area contributed by atoms with Crippen molar-refractivity contribution in [2.45, 2.75) is 13.5 Å². The van der Waals surface area contributed by atoms with Gasteiger partial charge in [-0.05, 0) is 24.6 Å². The number of carbonyl (C=O) groups is 1.